The highest BCUT2D eigenvalue weighted by Gasteiger charge is 2.37. The number of hydrogen-bond acceptors (Lipinski definition) is 6. The summed E-state index contributed by atoms with van der Waals surface area (Å²) in [5.41, 5.74) is -0.173. The van der Waals surface area contributed by atoms with Gasteiger partial charge in [-0.15, -0.1) is 11.3 Å². The van der Waals surface area contributed by atoms with Crippen molar-refractivity contribution in [3.63, 3.8) is 0 Å². The third kappa shape index (κ3) is 5.07. The van der Waals surface area contributed by atoms with E-state index in [4.69, 9.17) is 4.74 Å². The van der Waals surface area contributed by atoms with E-state index >= 15 is 0 Å². The fourth-order valence-electron chi connectivity index (χ4n) is 4.14. The summed E-state index contributed by atoms with van der Waals surface area (Å²) in [5.74, 6) is 0.825. The van der Waals surface area contributed by atoms with Crippen molar-refractivity contribution in [3.05, 3.63) is 45.9 Å². The molecule has 0 radical (unpaired) electrons. The minimum atomic E-state index is -1.04. The highest BCUT2D eigenvalue weighted by atomic mass is 32.1. The normalized spacial score (nSPS) is 21.9. The number of likely N-dealkylation sites (tertiary alicyclic amines) is 2. The molecule has 2 aliphatic rings. The van der Waals surface area contributed by atoms with Crippen LogP contribution in [0.1, 0.15) is 47.7 Å². The molecule has 1 aromatic heterocycles. The topological polar surface area (TPSA) is 83.0 Å². The van der Waals surface area contributed by atoms with Crippen LogP contribution in [-0.4, -0.2) is 57.9 Å². The molecule has 31 heavy (non-hydrogen) atoms. The second-order valence-corrected chi connectivity index (χ2v) is 9.40. The van der Waals surface area contributed by atoms with E-state index in [0.717, 1.165) is 22.7 Å². The second-order valence-electron chi connectivity index (χ2n) is 8.31. The molecule has 1 unspecified atom stereocenters. The first-order valence-electron chi connectivity index (χ1n) is 10.9. The first-order valence-corrected chi connectivity index (χ1v) is 11.7. The Kier molecular flexibility index (Phi) is 6.57. The van der Waals surface area contributed by atoms with Crippen molar-refractivity contribution in [3.8, 4) is 5.75 Å². The van der Waals surface area contributed by atoms with Crippen LogP contribution in [0.2, 0.25) is 0 Å². The number of thiazole rings is 1. The molecule has 4 rings (SSSR count). The van der Waals surface area contributed by atoms with Gasteiger partial charge in [0, 0.05) is 32.5 Å². The van der Waals surface area contributed by atoms with E-state index in [1.807, 2.05) is 37.3 Å². The number of rotatable bonds is 6. The maximum Gasteiger partial charge on any atom is 0.242 e. The maximum atomic E-state index is 12.7. The molecule has 0 saturated carbocycles. The van der Waals surface area contributed by atoms with E-state index in [9.17, 15) is 14.7 Å². The lowest BCUT2D eigenvalue weighted by Crippen LogP contribution is -2.41. The first-order chi connectivity index (χ1) is 14.9. The molecular formula is C23H29N3O4S. The Morgan fingerprint density at radius 1 is 1.19 bits per heavy atom. The summed E-state index contributed by atoms with van der Waals surface area (Å²) in [6.45, 7) is 4.22. The van der Waals surface area contributed by atoms with Crippen molar-refractivity contribution in [1.29, 1.82) is 0 Å². The van der Waals surface area contributed by atoms with Crippen LogP contribution >= 0.6 is 11.3 Å². The van der Waals surface area contributed by atoms with Gasteiger partial charge in [0.15, 0.2) is 0 Å². The quantitative estimate of drug-likeness (QED) is 0.742. The van der Waals surface area contributed by atoms with E-state index < -0.39 is 5.60 Å². The molecule has 2 amide bonds. The Balaban J connectivity index is 1.38. The van der Waals surface area contributed by atoms with Gasteiger partial charge in [-0.1, -0.05) is 18.2 Å². The number of amides is 2. The molecule has 1 N–H and O–H groups in total. The molecule has 1 aromatic carbocycles. The lowest BCUT2D eigenvalue weighted by atomic mass is 9.96. The zero-order valence-corrected chi connectivity index (χ0v) is 18.7. The van der Waals surface area contributed by atoms with Gasteiger partial charge in [-0.2, -0.15) is 0 Å². The fraction of sp³-hybridized carbons (Fsp3) is 0.522. The molecule has 166 valence electrons. The van der Waals surface area contributed by atoms with E-state index in [-0.39, 0.29) is 18.4 Å². The highest BCUT2D eigenvalue weighted by Crippen LogP contribution is 2.37. The minimum Gasteiger partial charge on any atom is -0.488 e. The number of aromatic nitrogens is 1. The Bertz CT molecular complexity index is 932. The smallest absolute Gasteiger partial charge is 0.242 e. The third-order valence-corrected chi connectivity index (χ3v) is 7.39. The van der Waals surface area contributed by atoms with Crippen LogP contribution in [0, 0.1) is 6.92 Å². The molecule has 0 bridgehead atoms. The summed E-state index contributed by atoms with van der Waals surface area (Å²) in [6, 6.07) is 9.64. The summed E-state index contributed by atoms with van der Waals surface area (Å²) in [6.07, 6.45) is 3.06. The molecule has 2 fully saturated rings. The Labute approximate surface area is 186 Å². The van der Waals surface area contributed by atoms with Crippen molar-refractivity contribution in [2.24, 2.45) is 0 Å². The number of benzene rings is 1. The van der Waals surface area contributed by atoms with E-state index in [1.165, 1.54) is 11.3 Å². The number of aryl methyl sites for hydroxylation is 1. The van der Waals surface area contributed by atoms with Gasteiger partial charge in [0.1, 0.15) is 23.0 Å². The SMILES string of the molecule is Cc1nc(C2(O)CCCN(C(=O)CN3CCCC3=O)CC2)sc1COc1ccccc1. The van der Waals surface area contributed by atoms with Crippen LogP contribution in [0.4, 0.5) is 0 Å². The number of para-hydroxylation sites is 1. The predicted molar refractivity (Wildman–Crippen MR) is 118 cm³/mol. The summed E-state index contributed by atoms with van der Waals surface area (Å²) in [4.78, 5) is 33.6. The molecule has 0 spiro atoms. The zero-order chi connectivity index (χ0) is 21.8. The molecular weight excluding hydrogens is 414 g/mol. The Morgan fingerprint density at radius 3 is 2.74 bits per heavy atom. The van der Waals surface area contributed by atoms with Crippen molar-refractivity contribution in [2.75, 3.05) is 26.2 Å². The maximum absolute atomic E-state index is 12.7. The largest absolute Gasteiger partial charge is 0.488 e. The van der Waals surface area contributed by atoms with Crippen LogP contribution in [0.5, 0.6) is 5.75 Å². The van der Waals surface area contributed by atoms with Gasteiger partial charge in [0.2, 0.25) is 11.8 Å². The monoisotopic (exact) mass is 443 g/mol. The third-order valence-electron chi connectivity index (χ3n) is 6.07. The van der Waals surface area contributed by atoms with Crippen LogP contribution < -0.4 is 4.74 Å². The zero-order valence-electron chi connectivity index (χ0n) is 17.9. The minimum absolute atomic E-state index is 0.0354. The van der Waals surface area contributed by atoms with Crippen molar-refractivity contribution in [2.45, 2.75) is 51.2 Å². The molecule has 1 atom stereocenters. The average molecular weight is 444 g/mol. The lowest BCUT2D eigenvalue weighted by molar-refractivity contribution is -0.138. The number of carbonyl (C=O) groups is 2. The standard InChI is InChI=1S/C23H29N3O4S/c1-17-19(16-30-18-7-3-2-4-8-18)31-22(24-17)23(29)10-6-13-25(14-11-23)21(28)15-26-12-5-9-20(26)27/h2-4,7-8,29H,5-6,9-16H2,1H3. The molecule has 2 saturated heterocycles. The van der Waals surface area contributed by atoms with Gasteiger partial charge < -0.3 is 19.6 Å². The molecule has 0 aliphatic carbocycles. The first kappa shape index (κ1) is 21.8. The van der Waals surface area contributed by atoms with Gasteiger partial charge in [-0.05, 0) is 38.3 Å². The molecule has 3 heterocycles. The Morgan fingerprint density at radius 2 is 2.00 bits per heavy atom. The number of ether oxygens (including phenoxy) is 1. The average Bonchev–Trinajstić information content (AvgIpc) is 3.28. The summed E-state index contributed by atoms with van der Waals surface area (Å²) in [5, 5.41) is 12.1. The van der Waals surface area contributed by atoms with Crippen LogP contribution in [0.15, 0.2) is 30.3 Å². The van der Waals surface area contributed by atoms with Crippen LogP contribution in [0.3, 0.4) is 0 Å². The number of hydrogen-bond donors (Lipinski definition) is 1. The van der Waals surface area contributed by atoms with Gasteiger partial charge in [0.25, 0.3) is 0 Å². The summed E-state index contributed by atoms with van der Waals surface area (Å²) >= 11 is 1.49. The van der Waals surface area contributed by atoms with Gasteiger partial charge >= 0.3 is 0 Å². The van der Waals surface area contributed by atoms with Crippen molar-refractivity contribution >= 4 is 23.2 Å². The number of aliphatic hydroxyl groups is 1. The lowest BCUT2D eigenvalue weighted by Gasteiger charge is -2.26. The molecule has 8 heteroatoms. The number of carbonyl (C=O) groups excluding carboxylic acids is 2. The van der Waals surface area contributed by atoms with E-state index in [0.29, 0.717) is 56.9 Å². The molecule has 2 aliphatic heterocycles. The van der Waals surface area contributed by atoms with E-state index in [1.54, 1.807) is 9.80 Å². The fourth-order valence-corrected chi connectivity index (χ4v) is 5.26. The summed E-state index contributed by atoms with van der Waals surface area (Å²) in [7, 11) is 0. The number of nitrogens with zero attached hydrogens (tertiary/aromatic N) is 3. The molecule has 7 nitrogen and oxygen atoms in total. The molecule has 2 aromatic rings. The van der Waals surface area contributed by atoms with E-state index in [2.05, 4.69) is 4.98 Å². The highest BCUT2D eigenvalue weighted by molar-refractivity contribution is 7.11. The Hall–Kier alpha value is -2.45. The summed E-state index contributed by atoms with van der Waals surface area (Å²) < 4.78 is 5.86. The van der Waals surface area contributed by atoms with Gasteiger partial charge in [-0.3, -0.25) is 9.59 Å². The predicted octanol–water partition coefficient (Wildman–Crippen LogP) is 2.85. The van der Waals surface area contributed by atoms with Crippen LogP contribution in [-0.2, 0) is 21.8 Å². The van der Waals surface area contributed by atoms with Crippen molar-refractivity contribution in [1.82, 2.24) is 14.8 Å². The van der Waals surface area contributed by atoms with Crippen LogP contribution in [0.25, 0.3) is 0 Å². The van der Waals surface area contributed by atoms with Gasteiger partial charge in [0.05, 0.1) is 17.1 Å². The van der Waals surface area contributed by atoms with Gasteiger partial charge in [-0.25, -0.2) is 4.98 Å². The van der Waals surface area contributed by atoms with Crippen molar-refractivity contribution < 1.29 is 19.4 Å². The second kappa shape index (κ2) is 9.36.